The van der Waals surface area contributed by atoms with Crippen molar-refractivity contribution < 1.29 is 86.4 Å². The number of ether oxygens (including phenoxy) is 6. The van der Waals surface area contributed by atoms with E-state index in [1.165, 1.54) is 0 Å². The minimum absolute atomic E-state index is 0. The van der Waals surface area contributed by atoms with E-state index in [0.717, 1.165) is 0 Å². The van der Waals surface area contributed by atoms with Gasteiger partial charge in [0.2, 0.25) is 0 Å². The summed E-state index contributed by atoms with van der Waals surface area (Å²) in [4.78, 5) is 17.4. The SMILES string of the molecule is CCCOC(=O)C(C)C(OC1CC(C)(OC)[CH-]C(C)O1)C(C)C(OC1OC(C)CC(N(C)C)C1O)C(C)(O)CC(C)CN(C)C(C)C(O)C(C)(C)O.[Y]. The van der Waals surface area contributed by atoms with Gasteiger partial charge in [-0.1, -0.05) is 40.7 Å². The summed E-state index contributed by atoms with van der Waals surface area (Å²) in [5.74, 6) is -1.98. The van der Waals surface area contributed by atoms with Gasteiger partial charge in [-0.25, -0.2) is 0 Å². The van der Waals surface area contributed by atoms with Gasteiger partial charge < -0.3 is 58.6 Å². The third-order valence-electron chi connectivity index (χ3n) is 11.0. The Labute approximate surface area is 346 Å². The Balaban J connectivity index is 0.0000140. The molecule has 1 radical (unpaired) electrons. The first-order chi connectivity index (χ1) is 23.9. The third-order valence-corrected chi connectivity index (χ3v) is 11.0. The maximum absolute atomic E-state index is 13.5. The largest absolute Gasteiger partial charge is 0.465 e. The number of nitrogens with zero attached hydrogens (tertiary/aromatic N) is 2. The Morgan fingerprint density at radius 1 is 1.06 bits per heavy atom. The van der Waals surface area contributed by atoms with Gasteiger partial charge in [0, 0.05) is 64.4 Å². The van der Waals surface area contributed by atoms with Crippen LogP contribution in [0.15, 0.2) is 0 Å². The number of methoxy groups -OCH3 is 1. The maximum atomic E-state index is 13.5. The molecule has 0 saturated carbocycles. The normalized spacial score (nSPS) is 32.2. The fourth-order valence-electron chi connectivity index (χ4n) is 7.98. The van der Waals surface area contributed by atoms with Crippen molar-refractivity contribution in [3.63, 3.8) is 0 Å². The summed E-state index contributed by atoms with van der Waals surface area (Å²) in [6.07, 6.45) is -2.33. The Bertz CT molecular complexity index is 1080. The zero-order chi connectivity index (χ0) is 39.9. The predicted molar refractivity (Wildman–Crippen MR) is 199 cm³/mol. The molecule has 2 rings (SSSR count). The van der Waals surface area contributed by atoms with Crippen molar-refractivity contribution in [3.8, 4) is 0 Å². The summed E-state index contributed by atoms with van der Waals surface area (Å²) in [7, 11) is 7.31. The molecule has 2 saturated heterocycles. The standard InChI is InChI=1S/C39H75N2O11.Y/c1-16-17-48-35(44)27(6)32(51-30-21-38(10,47-15)20-25(4)49-30)26(5)34(52-36-31(42)29(40(12)13)18-24(3)50-36)39(11,46)19-23(2)22-41(14)28(7)33(43)37(8,9)45;/h20,23-34,36,42-43,45-46H,16-19,21-22H2,1-15H3;/q-1;. The molecule has 0 amide bonds. The molecule has 0 aromatic rings. The molecule has 2 aliphatic heterocycles. The van der Waals surface area contributed by atoms with Gasteiger partial charge in [-0.2, -0.15) is 0 Å². The molecule has 0 bridgehead atoms. The van der Waals surface area contributed by atoms with Crippen LogP contribution in [-0.4, -0.2) is 156 Å². The smallest absolute Gasteiger partial charge is 0.311 e. The first-order valence-electron chi connectivity index (χ1n) is 19.2. The van der Waals surface area contributed by atoms with Crippen LogP contribution in [0.1, 0.15) is 102 Å². The molecule has 14 heteroatoms. The quantitative estimate of drug-likeness (QED) is 0.105. The van der Waals surface area contributed by atoms with Gasteiger partial charge >= 0.3 is 5.97 Å². The molecule has 2 heterocycles. The second kappa shape index (κ2) is 21.8. The first-order valence-corrected chi connectivity index (χ1v) is 19.2. The minimum Gasteiger partial charge on any atom is -0.465 e. The number of likely N-dealkylation sites (N-methyl/N-ethyl adjacent to an activating group) is 2. The van der Waals surface area contributed by atoms with Crippen LogP contribution in [0.25, 0.3) is 0 Å². The van der Waals surface area contributed by atoms with Crippen molar-refractivity contribution in [3.05, 3.63) is 6.42 Å². The number of rotatable bonds is 20. The van der Waals surface area contributed by atoms with E-state index >= 15 is 0 Å². The van der Waals surface area contributed by atoms with E-state index in [2.05, 4.69) is 0 Å². The molecule has 15 atom stereocenters. The molecule has 0 aromatic heterocycles. The third kappa shape index (κ3) is 14.8. The van der Waals surface area contributed by atoms with Crippen molar-refractivity contribution in [1.82, 2.24) is 9.80 Å². The van der Waals surface area contributed by atoms with E-state index in [4.69, 9.17) is 28.4 Å². The topological polar surface area (TPSA) is 160 Å². The van der Waals surface area contributed by atoms with Crippen molar-refractivity contribution in [2.24, 2.45) is 17.8 Å². The van der Waals surface area contributed by atoms with Crippen LogP contribution in [0.3, 0.4) is 0 Å². The Morgan fingerprint density at radius 3 is 2.19 bits per heavy atom. The molecular formula is C39H75N2O11Y-. The van der Waals surface area contributed by atoms with Crippen LogP contribution >= 0.6 is 0 Å². The summed E-state index contributed by atoms with van der Waals surface area (Å²) >= 11 is 0. The zero-order valence-corrected chi connectivity index (χ0v) is 38.3. The summed E-state index contributed by atoms with van der Waals surface area (Å²) < 4.78 is 37.3. The predicted octanol–water partition coefficient (Wildman–Crippen LogP) is 3.38. The second-order valence-electron chi connectivity index (χ2n) is 17.1. The molecule has 2 aliphatic rings. The van der Waals surface area contributed by atoms with E-state index in [-0.39, 0.29) is 75.9 Å². The molecular weight excluding hydrogens is 761 g/mol. The summed E-state index contributed by atoms with van der Waals surface area (Å²) in [5.41, 5.74) is -3.45. The van der Waals surface area contributed by atoms with Crippen LogP contribution in [0.2, 0.25) is 0 Å². The summed E-state index contributed by atoms with van der Waals surface area (Å²) in [5, 5.41) is 45.3. The summed E-state index contributed by atoms with van der Waals surface area (Å²) in [6, 6.07) is -0.615. The van der Waals surface area contributed by atoms with E-state index in [1.54, 1.807) is 34.8 Å². The second-order valence-corrected chi connectivity index (χ2v) is 17.1. The summed E-state index contributed by atoms with van der Waals surface area (Å²) in [6.45, 7) is 20.8. The minimum atomic E-state index is -1.53. The van der Waals surface area contributed by atoms with Gasteiger partial charge in [0.25, 0.3) is 0 Å². The Hall–Kier alpha value is 0.134. The Kier molecular flexibility index (Phi) is 21.0. The average Bonchev–Trinajstić information content (AvgIpc) is 3.03. The van der Waals surface area contributed by atoms with E-state index < -0.39 is 71.6 Å². The molecule has 4 N–H and O–H groups in total. The molecule has 0 aliphatic carbocycles. The molecule has 0 spiro atoms. The number of hydrogen-bond acceptors (Lipinski definition) is 13. The van der Waals surface area contributed by atoms with E-state index in [9.17, 15) is 25.2 Å². The molecule has 0 aromatic carbocycles. The maximum Gasteiger partial charge on any atom is 0.311 e. The van der Waals surface area contributed by atoms with Gasteiger partial charge in [-0.05, 0) is 99.9 Å². The molecule has 13 nitrogen and oxygen atoms in total. The van der Waals surface area contributed by atoms with Crippen LogP contribution in [0.5, 0.6) is 0 Å². The van der Waals surface area contributed by atoms with Crippen molar-refractivity contribution in [2.45, 2.75) is 180 Å². The van der Waals surface area contributed by atoms with Crippen molar-refractivity contribution >= 4 is 5.97 Å². The van der Waals surface area contributed by atoms with Gasteiger partial charge in [0.1, 0.15) is 6.10 Å². The average molecular weight is 837 g/mol. The number of carbonyl (C=O) groups excluding carboxylic acids is 1. The first kappa shape index (κ1) is 51.2. The zero-order valence-electron chi connectivity index (χ0n) is 35.4. The number of hydrogen-bond donors (Lipinski definition) is 4. The molecule has 53 heavy (non-hydrogen) atoms. The van der Waals surface area contributed by atoms with Crippen LogP contribution < -0.4 is 0 Å². The number of aliphatic hydroxyl groups excluding tert-OH is 2. The number of esters is 1. The van der Waals surface area contributed by atoms with Crippen molar-refractivity contribution in [2.75, 3.05) is 41.4 Å². The van der Waals surface area contributed by atoms with Gasteiger partial charge in [-0.3, -0.25) is 11.2 Å². The Morgan fingerprint density at radius 2 is 1.66 bits per heavy atom. The molecule has 15 unspecified atom stereocenters. The van der Waals surface area contributed by atoms with Crippen LogP contribution in [0.4, 0.5) is 0 Å². The van der Waals surface area contributed by atoms with Crippen molar-refractivity contribution in [1.29, 1.82) is 0 Å². The molecule has 2 fully saturated rings. The monoisotopic (exact) mass is 836 g/mol. The van der Waals surface area contributed by atoms with Gasteiger partial charge in [0.15, 0.2) is 12.6 Å². The van der Waals surface area contributed by atoms with Crippen LogP contribution in [0, 0.1) is 24.2 Å². The number of carbonyl (C=O) groups is 1. The van der Waals surface area contributed by atoms with E-state index in [1.807, 2.05) is 85.8 Å². The van der Waals surface area contributed by atoms with Gasteiger partial charge in [-0.15, -0.1) is 0 Å². The fraction of sp³-hybridized carbons (Fsp3) is 0.949. The van der Waals surface area contributed by atoms with E-state index in [0.29, 0.717) is 25.8 Å². The fourth-order valence-corrected chi connectivity index (χ4v) is 7.98. The molecule has 311 valence electrons. The number of aliphatic hydroxyl groups is 4. The van der Waals surface area contributed by atoms with Crippen LogP contribution in [-0.2, 0) is 65.9 Å². The van der Waals surface area contributed by atoms with Gasteiger partial charge in [0.05, 0.1) is 48.1 Å².